The van der Waals surface area contributed by atoms with Crippen molar-refractivity contribution in [3.05, 3.63) is 0 Å². The predicted molar refractivity (Wildman–Crippen MR) is 114 cm³/mol. The lowest BCUT2D eigenvalue weighted by molar-refractivity contribution is 0.0893. The number of piperidine rings is 1. The lowest BCUT2D eigenvalue weighted by Gasteiger charge is -2.26. The first-order chi connectivity index (χ1) is 11.9. The van der Waals surface area contributed by atoms with E-state index in [-0.39, 0.29) is 24.0 Å². The van der Waals surface area contributed by atoms with Gasteiger partial charge in [0.05, 0.1) is 13.2 Å². The highest BCUT2D eigenvalue weighted by Crippen LogP contribution is 2.12. The van der Waals surface area contributed by atoms with E-state index in [1.54, 1.807) is 0 Å². The molecule has 0 spiro atoms. The van der Waals surface area contributed by atoms with Gasteiger partial charge in [0.1, 0.15) is 0 Å². The number of nitrogens with one attached hydrogen (secondary N) is 2. The van der Waals surface area contributed by atoms with Gasteiger partial charge < -0.3 is 25.0 Å². The van der Waals surface area contributed by atoms with Gasteiger partial charge in [-0.3, -0.25) is 4.99 Å². The van der Waals surface area contributed by atoms with E-state index in [0.29, 0.717) is 5.92 Å². The number of ether oxygens (including phenoxy) is 2. The third-order valence-electron chi connectivity index (χ3n) is 4.61. The van der Waals surface area contributed by atoms with Crippen molar-refractivity contribution in [2.45, 2.75) is 39.0 Å². The molecular weight excluding hydrogens is 431 g/mol. The summed E-state index contributed by atoms with van der Waals surface area (Å²) in [7, 11) is 0. The standard InChI is InChI=1S/C18H36N4O2.HI/c1-2-19-18(21-9-12-22-10-4-3-5-11-22)20-8-6-13-23-15-17-7-14-24-16-17;/h17H,2-16H2,1H3,(H2,19,20,21);1H. The molecule has 2 rings (SSSR count). The normalized spacial score (nSPS) is 21.8. The highest BCUT2D eigenvalue weighted by molar-refractivity contribution is 14.0. The lowest BCUT2D eigenvalue weighted by Crippen LogP contribution is -2.42. The summed E-state index contributed by atoms with van der Waals surface area (Å²) in [5.41, 5.74) is 0. The number of hydrogen-bond donors (Lipinski definition) is 2. The van der Waals surface area contributed by atoms with Crippen LogP contribution in [-0.2, 0) is 9.47 Å². The van der Waals surface area contributed by atoms with Crippen LogP contribution >= 0.6 is 24.0 Å². The second-order valence-electron chi connectivity index (χ2n) is 6.75. The van der Waals surface area contributed by atoms with Gasteiger partial charge in [-0.05, 0) is 45.7 Å². The number of aliphatic imine (C=N–C) groups is 1. The highest BCUT2D eigenvalue weighted by atomic mass is 127. The van der Waals surface area contributed by atoms with E-state index in [2.05, 4.69) is 27.4 Å². The molecule has 0 amide bonds. The SMILES string of the molecule is CCNC(=NCCCOCC1CCOC1)NCCN1CCCCC1.I. The van der Waals surface area contributed by atoms with Crippen LogP contribution in [-0.4, -0.2) is 76.6 Å². The smallest absolute Gasteiger partial charge is 0.191 e. The van der Waals surface area contributed by atoms with E-state index >= 15 is 0 Å². The van der Waals surface area contributed by atoms with Crippen molar-refractivity contribution in [1.29, 1.82) is 0 Å². The van der Waals surface area contributed by atoms with Crippen LogP contribution in [0.25, 0.3) is 0 Å². The molecule has 0 aliphatic carbocycles. The van der Waals surface area contributed by atoms with Crippen molar-refractivity contribution in [2.24, 2.45) is 10.9 Å². The minimum atomic E-state index is 0. The summed E-state index contributed by atoms with van der Waals surface area (Å²) >= 11 is 0. The van der Waals surface area contributed by atoms with E-state index in [1.165, 1.54) is 32.4 Å². The van der Waals surface area contributed by atoms with Crippen LogP contribution in [0.2, 0.25) is 0 Å². The van der Waals surface area contributed by atoms with E-state index in [1.807, 2.05) is 0 Å². The molecule has 1 atom stereocenters. The Labute approximate surface area is 170 Å². The average Bonchev–Trinajstić information content (AvgIpc) is 3.12. The third kappa shape index (κ3) is 10.6. The summed E-state index contributed by atoms with van der Waals surface area (Å²) in [6.07, 6.45) is 6.20. The number of guanidine groups is 1. The van der Waals surface area contributed by atoms with Gasteiger partial charge >= 0.3 is 0 Å². The second-order valence-corrected chi connectivity index (χ2v) is 6.75. The molecule has 2 saturated heterocycles. The molecule has 0 aromatic carbocycles. The van der Waals surface area contributed by atoms with Crippen LogP contribution in [0.3, 0.4) is 0 Å². The van der Waals surface area contributed by atoms with Gasteiger partial charge in [0, 0.05) is 45.3 Å². The van der Waals surface area contributed by atoms with Crippen molar-refractivity contribution in [3.63, 3.8) is 0 Å². The Bertz CT molecular complexity index is 346. The molecule has 0 radical (unpaired) electrons. The molecular formula is C18H37IN4O2. The quantitative estimate of drug-likeness (QED) is 0.223. The molecule has 7 heteroatoms. The summed E-state index contributed by atoms with van der Waals surface area (Å²) in [6, 6.07) is 0. The summed E-state index contributed by atoms with van der Waals surface area (Å²) in [5, 5.41) is 6.76. The van der Waals surface area contributed by atoms with Crippen molar-refractivity contribution < 1.29 is 9.47 Å². The van der Waals surface area contributed by atoms with Crippen LogP contribution in [0, 0.1) is 5.92 Å². The number of hydrogen-bond acceptors (Lipinski definition) is 4. The molecule has 148 valence electrons. The van der Waals surface area contributed by atoms with E-state index < -0.39 is 0 Å². The van der Waals surface area contributed by atoms with Gasteiger partial charge in [0.25, 0.3) is 0 Å². The summed E-state index contributed by atoms with van der Waals surface area (Å²) in [4.78, 5) is 7.18. The predicted octanol–water partition coefficient (Wildman–Crippen LogP) is 2.09. The fraction of sp³-hybridized carbons (Fsp3) is 0.944. The fourth-order valence-electron chi connectivity index (χ4n) is 3.18. The first kappa shape index (κ1) is 22.9. The maximum Gasteiger partial charge on any atom is 0.191 e. The Kier molecular flexibility index (Phi) is 13.7. The monoisotopic (exact) mass is 468 g/mol. The van der Waals surface area contributed by atoms with Crippen LogP contribution < -0.4 is 10.6 Å². The van der Waals surface area contributed by atoms with E-state index in [0.717, 1.165) is 71.4 Å². The first-order valence-electron chi connectivity index (χ1n) is 9.78. The number of likely N-dealkylation sites (tertiary alicyclic amines) is 1. The van der Waals surface area contributed by atoms with E-state index in [4.69, 9.17) is 9.47 Å². The number of nitrogens with zero attached hydrogens (tertiary/aromatic N) is 2. The highest BCUT2D eigenvalue weighted by Gasteiger charge is 2.15. The summed E-state index contributed by atoms with van der Waals surface area (Å²) < 4.78 is 11.1. The molecule has 0 aromatic rings. The Hall–Kier alpha value is -0.120. The molecule has 2 heterocycles. The van der Waals surface area contributed by atoms with Crippen LogP contribution in [0.1, 0.15) is 39.0 Å². The van der Waals surface area contributed by atoms with Gasteiger partial charge in [-0.25, -0.2) is 0 Å². The van der Waals surface area contributed by atoms with Gasteiger partial charge in [-0.1, -0.05) is 6.42 Å². The average molecular weight is 468 g/mol. The molecule has 6 nitrogen and oxygen atoms in total. The largest absolute Gasteiger partial charge is 0.381 e. The minimum absolute atomic E-state index is 0. The van der Waals surface area contributed by atoms with Crippen LogP contribution in [0.15, 0.2) is 4.99 Å². The first-order valence-corrected chi connectivity index (χ1v) is 9.78. The lowest BCUT2D eigenvalue weighted by atomic mass is 10.1. The summed E-state index contributed by atoms with van der Waals surface area (Å²) in [6.45, 7) is 11.8. The van der Waals surface area contributed by atoms with Crippen molar-refractivity contribution in [2.75, 3.05) is 65.7 Å². The van der Waals surface area contributed by atoms with Crippen molar-refractivity contribution in [1.82, 2.24) is 15.5 Å². The zero-order valence-corrected chi connectivity index (χ0v) is 18.1. The second kappa shape index (κ2) is 15.0. The zero-order valence-electron chi connectivity index (χ0n) is 15.8. The molecule has 2 aliphatic rings. The topological polar surface area (TPSA) is 58.1 Å². The van der Waals surface area contributed by atoms with Crippen molar-refractivity contribution >= 4 is 29.9 Å². The van der Waals surface area contributed by atoms with Crippen LogP contribution in [0.4, 0.5) is 0 Å². The zero-order chi connectivity index (χ0) is 16.9. The van der Waals surface area contributed by atoms with Crippen molar-refractivity contribution in [3.8, 4) is 0 Å². The van der Waals surface area contributed by atoms with Gasteiger partial charge in [0.15, 0.2) is 5.96 Å². The van der Waals surface area contributed by atoms with Crippen LogP contribution in [0.5, 0.6) is 0 Å². The number of rotatable bonds is 10. The van der Waals surface area contributed by atoms with Gasteiger partial charge in [0.2, 0.25) is 0 Å². The molecule has 2 fully saturated rings. The maximum atomic E-state index is 5.72. The molecule has 0 saturated carbocycles. The molecule has 2 aliphatic heterocycles. The molecule has 0 bridgehead atoms. The number of halogens is 1. The van der Waals surface area contributed by atoms with Gasteiger partial charge in [-0.15, -0.1) is 24.0 Å². The summed E-state index contributed by atoms with van der Waals surface area (Å²) in [5.74, 6) is 1.53. The minimum Gasteiger partial charge on any atom is -0.381 e. The molecule has 0 aromatic heterocycles. The molecule has 1 unspecified atom stereocenters. The maximum absolute atomic E-state index is 5.72. The molecule has 25 heavy (non-hydrogen) atoms. The van der Waals surface area contributed by atoms with E-state index in [9.17, 15) is 0 Å². The molecule has 2 N–H and O–H groups in total. The van der Waals surface area contributed by atoms with Gasteiger partial charge in [-0.2, -0.15) is 0 Å². The third-order valence-corrected chi connectivity index (χ3v) is 4.61. The Morgan fingerprint density at radius 1 is 1.24 bits per heavy atom. The Morgan fingerprint density at radius 2 is 2.08 bits per heavy atom. The Morgan fingerprint density at radius 3 is 2.80 bits per heavy atom. The Balaban J connectivity index is 0.00000312. The fourth-order valence-corrected chi connectivity index (χ4v) is 3.18.